The number of ether oxygens (including phenoxy) is 1. The van der Waals surface area contributed by atoms with Crippen LogP contribution in [0.25, 0.3) is 0 Å². The van der Waals surface area contributed by atoms with Gasteiger partial charge >= 0.3 is 0 Å². The molecule has 1 aromatic carbocycles. The fourth-order valence-electron chi connectivity index (χ4n) is 2.01. The van der Waals surface area contributed by atoms with E-state index in [1.807, 2.05) is 37.3 Å². The van der Waals surface area contributed by atoms with Crippen molar-refractivity contribution in [1.29, 1.82) is 0 Å². The molecule has 0 radical (unpaired) electrons. The molecule has 0 aliphatic carbocycles. The highest BCUT2D eigenvalue weighted by molar-refractivity contribution is 5.36. The van der Waals surface area contributed by atoms with Gasteiger partial charge < -0.3 is 9.84 Å². The van der Waals surface area contributed by atoms with E-state index in [1.54, 1.807) is 6.92 Å². The topological polar surface area (TPSA) is 29.5 Å². The monoisotopic (exact) mass is 204 g/mol. The van der Waals surface area contributed by atoms with Crippen molar-refractivity contribution in [2.45, 2.75) is 25.9 Å². The summed E-state index contributed by atoms with van der Waals surface area (Å²) in [4.78, 5) is 0. The van der Waals surface area contributed by atoms with Crippen molar-refractivity contribution >= 4 is 0 Å². The maximum atomic E-state index is 10.5. The first-order valence-corrected chi connectivity index (χ1v) is 5.24. The lowest BCUT2D eigenvalue weighted by molar-refractivity contribution is 0.0312. The molecule has 0 saturated heterocycles. The molecule has 1 aromatic rings. The summed E-state index contributed by atoms with van der Waals surface area (Å²) in [6.45, 7) is 4.46. The molecule has 1 atom stereocenters. The Hall–Kier alpha value is -1.28. The van der Waals surface area contributed by atoms with Crippen molar-refractivity contribution in [3.63, 3.8) is 0 Å². The highest BCUT2D eigenvalue weighted by Gasteiger charge is 2.32. The van der Waals surface area contributed by atoms with Crippen LogP contribution in [-0.2, 0) is 10.3 Å². The minimum absolute atomic E-state index is 0.678. The zero-order chi connectivity index (χ0) is 10.9. The van der Waals surface area contributed by atoms with Gasteiger partial charge in [-0.05, 0) is 31.1 Å². The van der Waals surface area contributed by atoms with Gasteiger partial charge in [0.15, 0.2) is 0 Å². The molecule has 1 aliphatic rings. The Morgan fingerprint density at radius 1 is 1.33 bits per heavy atom. The Balaban J connectivity index is 2.41. The fourth-order valence-corrected chi connectivity index (χ4v) is 2.01. The van der Waals surface area contributed by atoms with Gasteiger partial charge in [0.25, 0.3) is 0 Å². The van der Waals surface area contributed by atoms with Crippen LogP contribution in [0.5, 0.6) is 0 Å². The van der Waals surface area contributed by atoms with Gasteiger partial charge in [-0.3, -0.25) is 0 Å². The minimum atomic E-state index is -0.998. The van der Waals surface area contributed by atoms with Crippen LogP contribution >= 0.6 is 0 Å². The zero-order valence-corrected chi connectivity index (χ0v) is 9.16. The molecule has 2 nitrogen and oxygen atoms in total. The Bertz CT molecular complexity index is 391. The molecular weight excluding hydrogens is 188 g/mol. The summed E-state index contributed by atoms with van der Waals surface area (Å²) in [7, 11) is 0. The van der Waals surface area contributed by atoms with Crippen molar-refractivity contribution in [2.24, 2.45) is 0 Å². The molecule has 0 amide bonds. The third kappa shape index (κ3) is 1.77. The summed E-state index contributed by atoms with van der Waals surface area (Å²) in [5, 5.41) is 10.5. The van der Waals surface area contributed by atoms with Gasteiger partial charge in [0.2, 0.25) is 0 Å². The maximum absolute atomic E-state index is 10.5. The van der Waals surface area contributed by atoms with E-state index in [2.05, 4.69) is 0 Å². The van der Waals surface area contributed by atoms with E-state index in [9.17, 15) is 5.11 Å². The molecule has 0 spiro atoms. The van der Waals surface area contributed by atoms with Crippen LogP contribution in [0, 0.1) is 6.92 Å². The van der Waals surface area contributed by atoms with Crippen molar-refractivity contribution in [2.75, 3.05) is 6.61 Å². The van der Waals surface area contributed by atoms with Gasteiger partial charge in [-0.15, -0.1) is 0 Å². The van der Waals surface area contributed by atoms with Gasteiger partial charge in [-0.1, -0.05) is 24.3 Å². The van der Waals surface area contributed by atoms with Gasteiger partial charge in [-0.2, -0.15) is 0 Å². The normalized spacial score (nSPS) is 19.3. The number of aryl methyl sites for hydroxylation is 1. The molecule has 0 aromatic heterocycles. The molecule has 0 bridgehead atoms. The van der Waals surface area contributed by atoms with E-state index < -0.39 is 5.60 Å². The van der Waals surface area contributed by atoms with E-state index in [-0.39, 0.29) is 0 Å². The lowest BCUT2D eigenvalue weighted by Crippen LogP contribution is -2.25. The first-order chi connectivity index (χ1) is 7.12. The first kappa shape index (κ1) is 10.2. The molecular formula is C13H16O2. The second-order valence-corrected chi connectivity index (χ2v) is 4.09. The summed E-state index contributed by atoms with van der Waals surface area (Å²) in [5.41, 5.74) is 0.999. The highest BCUT2D eigenvalue weighted by Crippen LogP contribution is 2.34. The lowest BCUT2D eigenvalue weighted by Gasteiger charge is -2.26. The molecule has 2 heteroatoms. The van der Waals surface area contributed by atoms with Crippen LogP contribution in [0.1, 0.15) is 24.5 Å². The quantitative estimate of drug-likeness (QED) is 0.802. The smallest absolute Gasteiger partial charge is 0.143 e. The molecule has 1 heterocycles. The van der Waals surface area contributed by atoms with Crippen molar-refractivity contribution in [1.82, 2.24) is 0 Å². The Morgan fingerprint density at radius 2 is 2.07 bits per heavy atom. The molecule has 80 valence electrons. The Morgan fingerprint density at radius 3 is 2.67 bits per heavy atom. The summed E-state index contributed by atoms with van der Waals surface area (Å²) in [5.74, 6) is 0.678. The molecule has 0 fully saturated rings. The van der Waals surface area contributed by atoms with Crippen LogP contribution in [0.2, 0.25) is 0 Å². The van der Waals surface area contributed by atoms with E-state index in [0.29, 0.717) is 12.4 Å². The summed E-state index contributed by atoms with van der Waals surface area (Å²) >= 11 is 0. The molecule has 15 heavy (non-hydrogen) atoms. The van der Waals surface area contributed by atoms with Crippen LogP contribution in [-0.4, -0.2) is 11.7 Å². The van der Waals surface area contributed by atoms with Crippen LogP contribution < -0.4 is 0 Å². The van der Waals surface area contributed by atoms with Gasteiger partial charge in [0.1, 0.15) is 11.4 Å². The summed E-state index contributed by atoms with van der Waals surface area (Å²) < 4.78 is 5.44. The molecule has 1 aliphatic heterocycles. The Labute approximate surface area is 90.2 Å². The maximum Gasteiger partial charge on any atom is 0.143 e. The van der Waals surface area contributed by atoms with Crippen LogP contribution in [0.3, 0.4) is 0 Å². The molecule has 1 N–H and O–H groups in total. The van der Waals surface area contributed by atoms with Gasteiger partial charge in [0.05, 0.1) is 6.61 Å². The Kier molecular flexibility index (Phi) is 2.53. The molecule has 2 rings (SSSR count). The van der Waals surface area contributed by atoms with Gasteiger partial charge in [0, 0.05) is 6.42 Å². The average Bonchev–Trinajstić information content (AvgIpc) is 2.71. The third-order valence-corrected chi connectivity index (χ3v) is 2.85. The van der Waals surface area contributed by atoms with Crippen LogP contribution in [0.15, 0.2) is 36.1 Å². The van der Waals surface area contributed by atoms with E-state index in [1.165, 1.54) is 0 Å². The van der Waals surface area contributed by atoms with E-state index >= 15 is 0 Å². The van der Waals surface area contributed by atoms with Crippen molar-refractivity contribution in [3.8, 4) is 0 Å². The van der Waals surface area contributed by atoms with E-state index in [0.717, 1.165) is 17.5 Å². The summed E-state index contributed by atoms with van der Waals surface area (Å²) in [6.07, 6.45) is 2.85. The van der Waals surface area contributed by atoms with Crippen LogP contribution in [0.4, 0.5) is 0 Å². The first-order valence-electron chi connectivity index (χ1n) is 5.24. The minimum Gasteiger partial charge on any atom is -0.495 e. The predicted octanol–water partition coefficient (Wildman–Crippen LogP) is 2.51. The number of rotatable bonds is 2. The van der Waals surface area contributed by atoms with Gasteiger partial charge in [-0.25, -0.2) is 0 Å². The molecule has 0 saturated carbocycles. The standard InChI is InChI=1S/C13H16O2/c1-10-6-3-4-7-11(10)13(2,14)12-8-5-9-15-12/h3-4,6-8,14H,5,9H2,1-2H3. The molecule has 1 unspecified atom stereocenters. The average molecular weight is 204 g/mol. The van der Waals surface area contributed by atoms with Crippen molar-refractivity contribution < 1.29 is 9.84 Å². The number of hydrogen-bond acceptors (Lipinski definition) is 2. The lowest BCUT2D eigenvalue weighted by atomic mass is 9.90. The highest BCUT2D eigenvalue weighted by atomic mass is 16.5. The third-order valence-electron chi connectivity index (χ3n) is 2.85. The van der Waals surface area contributed by atoms with E-state index in [4.69, 9.17) is 4.74 Å². The summed E-state index contributed by atoms with van der Waals surface area (Å²) in [6, 6.07) is 7.85. The second kappa shape index (κ2) is 3.70. The SMILES string of the molecule is Cc1ccccc1C(C)(O)C1=CCCO1. The zero-order valence-electron chi connectivity index (χ0n) is 9.16. The van der Waals surface area contributed by atoms with Crippen molar-refractivity contribution in [3.05, 3.63) is 47.2 Å². The largest absolute Gasteiger partial charge is 0.495 e. The number of aliphatic hydroxyl groups is 1. The predicted molar refractivity (Wildman–Crippen MR) is 59.4 cm³/mol. The number of benzene rings is 1. The second-order valence-electron chi connectivity index (χ2n) is 4.09. The fraction of sp³-hybridized carbons (Fsp3) is 0.385. The number of hydrogen-bond donors (Lipinski definition) is 1.